The molecule has 0 radical (unpaired) electrons. The molecule has 28 heavy (non-hydrogen) atoms. The second-order valence-corrected chi connectivity index (χ2v) is 7.25. The van der Waals surface area contributed by atoms with Crippen LogP contribution in [0.4, 0.5) is 0 Å². The van der Waals surface area contributed by atoms with Gasteiger partial charge < -0.3 is 15.2 Å². The Morgan fingerprint density at radius 2 is 2.14 bits per heavy atom. The number of aromatic nitrogens is 2. The van der Waals surface area contributed by atoms with Crippen molar-refractivity contribution in [2.45, 2.75) is 25.0 Å². The third-order valence-corrected chi connectivity index (χ3v) is 5.07. The van der Waals surface area contributed by atoms with E-state index in [1.807, 2.05) is 36.4 Å². The van der Waals surface area contributed by atoms with Crippen LogP contribution in [0.5, 0.6) is 0 Å². The SMILES string of the molecule is O=C(N[C@H]1CCOC[C@@H]1O)c1cc(Cc2ccnc(Cl)c2)c2ccccc2n1. The smallest absolute Gasteiger partial charge is 0.270 e. The van der Waals surface area contributed by atoms with Crippen molar-refractivity contribution in [1.82, 2.24) is 15.3 Å². The number of hydrogen-bond donors (Lipinski definition) is 2. The maximum Gasteiger partial charge on any atom is 0.270 e. The average Bonchev–Trinajstić information content (AvgIpc) is 2.69. The van der Waals surface area contributed by atoms with Crippen LogP contribution in [-0.2, 0) is 11.2 Å². The lowest BCUT2D eigenvalue weighted by Crippen LogP contribution is -2.48. The number of carbonyl (C=O) groups is 1. The summed E-state index contributed by atoms with van der Waals surface area (Å²) in [6.45, 7) is 0.741. The Morgan fingerprint density at radius 1 is 1.29 bits per heavy atom. The molecule has 0 saturated carbocycles. The highest BCUT2D eigenvalue weighted by molar-refractivity contribution is 6.29. The fraction of sp³-hybridized carbons (Fsp3) is 0.286. The lowest BCUT2D eigenvalue weighted by Gasteiger charge is -2.28. The molecule has 7 heteroatoms. The van der Waals surface area contributed by atoms with E-state index in [1.54, 1.807) is 12.3 Å². The second kappa shape index (κ2) is 8.22. The molecule has 2 aromatic heterocycles. The molecule has 1 amide bonds. The van der Waals surface area contributed by atoms with E-state index in [-0.39, 0.29) is 18.6 Å². The molecule has 3 heterocycles. The summed E-state index contributed by atoms with van der Waals surface area (Å²) in [5.41, 5.74) is 3.05. The van der Waals surface area contributed by atoms with E-state index in [2.05, 4.69) is 15.3 Å². The van der Waals surface area contributed by atoms with Crippen molar-refractivity contribution in [3.63, 3.8) is 0 Å². The van der Waals surface area contributed by atoms with Gasteiger partial charge in [-0.05, 0) is 48.2 Å². The minimum absolute atomic E-state index is 0.226. The van der Waals surface area contributed by atoms with Gasteiger partial charge in [0.25, 0.3) is 5.91 Å². The molecule has 0 spiro atoms. The highest BCUT2D eigenvalue weighted by Crippen LogP contribution is 2.22. The minimum atomic E-state index is -0.711. The predicted octanol–water partition coefficient (Wildman–Crippen LogP) is 2.75. The molecule has 1 aliphatic heterocycles. The average molecular weight is 398 g/mol. The van der Waals surface area contributed by atoms with E-state index < -0.39 is 6.10 Å². The van der Waals surface area contributed by atoms with Gasteiger partial charge >= 0.3 is 0 Å². The summed E-state index contributed by atoms with van der Waals surface area (Å²) in [7, 11) is 0. The Hall–Kier alpha value is -2.54. The third kappa shape index (κ3) is 4.14. The van der Waals surface area contributed by atoms with Crippen LogP contribution in [0.25, 0.3) is 10.9 Å². The molecule has 1 aromatic carbocycles. The first kappa shape index (κ1) is 18.8. The number of amides is 1. The summed E-state index contributed by atoms with van der Waals surface area (Å²) in [6.07, 6.45) is 2.13. The van der Waals surface area contributed by atoms with E-state index in [9.17, 15) is 9.90 Å². The summed E-state index contributed by atoms with van der Waals surface area (Å²) < 4.78 is 5.22. The second-order valence-electron chi connectivity index (χ2n) is 6.86. The Bertz CT molecular complexity index is 1010. The Morgan fingerprint density at radius 3 is 2.96 bits per heavy atom. The molecule has 0 bridgehead atoms. The van der Waals surface area contributed by atoms with Crippen LogP contribution in [0.1, 0.15) is 28.0 Å². The number of hydrogen-bond acceptors (Lipinski definition) is 5. The predicted molar refractivity (Wildman–Crippen MR) is 106 cm³/mol. The molecule has 2 N–H and O–H groups in total. The number of nitrogens with zero attached hydrogens (tertiary/aromatic N) is 2. The van der Waals surface area contributed by atoms with Gasteiger partial charge in [-0.15, -0.1) is 0 Å². The highest BCUT2D eigenvalue weighted by Gasteiger charge is 2.26. The van der Waals surface area contributed by atoms with Crippen LogP contribution in [-0.4, -0.2) is 46.3 Å². The topological polar surface area (TPSA) is 84.3 Å². The number of nitrogens with one attached hydrogen (secondary N) is 1. The number of fused-ring (bicyclic) bond motifs is 1. The van der Waals surface area contributed by atoms with Crippen LogP contribution < -0.4 is 5.32 Å². The van der Waals surface area contributed by atoms with Gasteiger partial charge in [0.05, 0.1) is 24.3 Å². The van der Waals surface area contributed by atoms with Gasteiger partial charge in [0, 0.05) is 18.2 Å². The molecule has 4 rings (SSSR count). The van der Waals surface area contributed by atoms with Crippen molar-refractivity contribution < 1.29 is 14.6 Å². The summed E-state index contributed by atoms with van der Waals surface area (Å²) >= 11 is 6.01. The minimum Gasteiger partial charge on any atom is -0.389 e. The van der Waals surface area contributed by atoms with E-state index in [4.69, 9.17) is 16.3 Å². The molecule has 144 valence electrons. The zero-order valence-corrected chi connectivity index (χ0v) is 15.9. The summed E-state index contributed by atoms with van der Waals surface area (Å²) in [5.74, 6) is -0.300. The van der Waals surface area contributed by atoms with Crippen molar-refractivity contribution >= 4 is 28.4 Å². The largest absolute Gasteiger partial charge is 0.389 e. The molecule has 1 fully saturated rings. The molecule has 6 nitrogen and oxygen atoms in total. The number of rotatable bonds is 4. The number of pyridine rings is 2. The van der Waals surface area contributed by atoms with Crippen molar-refractivity contribution in [3.05, 3.63) is 70.6 Å². The third-order valence-electron chi connectivity index (χ3n) is 4.86. The van der Waals surface area contributed by atoms with Crippen molar-refractivity contribution in [3.8, 4) is 0 Å². The van der Waals surface area contributed by atoms with Crippen molar-refractivity contribution in [1.29, 1.82) is 0 Å². The van der Waals surface area contributed by atoms with Gasteiger partial charge in [-0.3, -0.25) is 4.79 Å². The van der Waals surface area contributed by atoms with Crippen molar-refractivity contribution in [2.75, 3.05) is 13.2 Å². The number of carbonyl (C=O) groups excluding carboxylic acids is 1. The number of benzene rings is 1. The first-order valence-electron chi connectivity index (χ1n) is 9.16. The van der Waals surface area contributed by atoms with Crippen LogP contribution in [0.15, 0.2) is 48.7 Å². The van der Waals surface area contributed by atoms with Gasteiger partial charge in [0.15, 0.2) is 0 Å². The summed E-state index contributed by atoms with van der Waals surface area (Å²) in [6, 6.07) is 12.9. The maximum absolute atomic E-state index is 12.8. The normalized spacial score (nSPS) is 19.5. The monoisotopic (exact) mass is 397 g/mol. The fourth-order valence-electron chi connectivity index (χ4n) is 3.42. The standard InChI is InChI=1S/C21H20ClN3O3/c22-20-10-13(5-7-23-20)9-14-11-18(24-16-4-2-1-3-15(14)16)21(27)25-17-6-8-28-12-19(17)26/h1-5,7,10-11,17,19,26H,6,8-9,12H2,(H,25,27)/t17-,19-/m0/s1. The number of aliphatic hydroxyl groups excluding tert-OH is 1. The zero-order valence-electron chi connectivity index (χ0n) is 15.1. The van der Waals surface area contributed by atoms with Crippen LogP contribution in [0.3, 0.4) is 0 Å². The number of aliphatic hydroxyl groups is 1. The van der Waals surface area contributed by atoms with Gasteiger partial charge in [0.1, 0.15) is 10.8 Å². The summed E-state index contributed by atoms with van der Waals surface area (Å²) in [5, 5.41) is 14.3. The van der Waals surface area contributed by atoms with Crippen LogP contribution in [0, 0.1) is 0 Å². The van der Waals surface area contributed by atoms with E-state index in [1.165, 1.54) is 0 Å². The van der Waals surface area contributed by atoms with E-state index >= 15 is 0 Å². The van der Waals surface area contributed by atoms with Crippen LogP contribution >= 0.6 is 11.6 Å². The number of ether oxygens (including phenoxy) is 1. The molecule has 2 atom stereocenters. The molecule has 3 aromatic rings. The Balaban J connectivity index is 1.66. The molecular formula is C21H20ClN3O3. The molecule has 1 saturated heterocycles. The first-order chi connectivity index (χ1) is 13.6. The molecule has 0 unspecified atom stereocenters. The zero-order chi connectivity index (χ0) is 19.5. The van der Waals surface area contributed by atoms with Gasteiger partial charge in [0.2, 0.25) is 0 Å². The molecule has 0 aliphatic carbocycles. The van der Waals surface area contributed by atoms with Crippen molar-refractivity contribution in [2.24, 2.45) is 0 Å². The van der Waals surface area contributed by atoms with E-state index in [0.29, 0.717) is 30.3 Å². The van der Waals surface area contributed by atoms with Crippen LogP contribution in [0.2, 0.25) is 5.15 Å². The quantitative estimate of drug-likeness (QED) is 0.661. The van der Waals surface area contributed by atoms with Gasteiger partial charge in [-0.2, -0.15) is 0 Å². The Labute approximate surface area is 167 Å². The Kier molecular flexibility index (Phi) is 5.52. The highest BCUT2D eigenvalue weighted by atomic mass is 35.5. The van der Waals surface area contributed by atoms with Gasteiger partial charge in [-0.1, -0.05) is 29.8 Å². The van der Waals surface area contributed by atoms with E-state index in [0.717, 1.165) is 22.0 Å². The number of para-hydroxylation sites is 1. The first-order valence-corrected chi connectivity index (χ1v) is 9.54. The summed E-state index contributed by atoms with van der Waals surface area (Å²) in [4.78, 5) is 21.3. The van der Waals surface area contributed by atoms with Gasteiger partial charge in [-0.25, -0.2) is 9.97 Å². The maximum atomic E-state index is 12.8. The lowest BCUT2D eigenvalue weighted by atomic mass is 10.00. The molecule has 1 aliphatic rings. The fourth-order valence-corrected chi connectivity index (χ4v) is 3.61. The molecular weight excluding hydrogens is 378 g/mol. The number of halogens is 1. The lowest BCUT2D eigenvalue weighted by molar-refractivity contribution is -0.0261.